The third kappa shape index (κ3) is 2.79. The third-order valence-corrected chi connectivity index (χ3v) is 3.70. The van der Waals surface area contributed by atoms with Crippen LogP contribution in [0.2, 0.25) is 0 Å². The zero-order valence-electron chi connectivity index (χ0n) is 8.71. The average Bonchev–Trinajstić information content (AvgIpc) is 2.20. The first-order valence-corrected chi connectivity index (χ1v) is 5.87. The van der Waals surface area contributed by atoms with Crippen LogP contribution in [-0.4, -0.2) is 49.0 Å². The van der Waals surface area contributed by atoms with Gasteiger partial charge < -0.3 is 10.2 Å². The van der Waals surface area contributed by atoms with E-state index in [4.69, 9.17) is 0 Å². The van der Waals surface area contributed by atoms with E-state index in [0.29, 0.717) is 0 Å². The van der Waals surface area contributed by atoms with Gasteiger partial charge >= 0.3 is 0 Å². The highest BCUT2D eigenvalue weighted by atomic mass is 32.2. The van der Waals surface area contributed by atoms with Crippen molar-refractivity contribution in [2.75, 3.05) is 32.9 Å². The zero-order valence-corrected chi connectivity index (χ0v) is 9.52. The predicted molar refractivity (Wildman–Crippen MR) is 60.5 cm³/mol. The summed E-state index contributed by atoms with van der Waals surface area (Å²) in [6, 6.07) is 0. The van der Waals surface area contributed by atoms with Gasteiger partial charge in [-0.15, -0.1) is 0 Å². The Hall–Kier alpha value is -0.380. The minimum Gasteiger partial charge on any atom is -0.359 e. The van der Waals surface area contributed by atoms with Crippen molar-refractivity contribution in [1.82, 2.24) is 10.2 Å². The summed E-state index contributed by atoms with van der Waals surface area (Å²) in [6.07, 6.45) is 1.25. The van der Waals surface area contributed by atoms with Crippen LogP contribution in [0, 0.1) is 0 Å². The van der Waals surface area contributed by atoms with Crippen LogP contribution >= 0.6 is 11.8 Å². The molecule has 0 aromatic carbocycles. The van der Waals surface area contributed by atoms with Gasteiger partial charge in [0, 0.05) is 38.2 Å². The fraction of sp³-hybridized carbons (Fsp3) is 0.889. The molecule has 0 amide bonds. The van der Waals surface area contributed by atoms with Crippen molar-refractivity contribution in [3.8, 4) is 0 Å². The summed E-state index contributed by atoms with van der Waals surface area (Å²) in [5.41, 5.74) is 0. The number of rotatable bonds is 1. The van der Waals surface area contributed by atoms with Gasteiger partial charge in [-0.2, -0.15) is 11.8 Å². The minimum absolute atomic E-state index is 0.777. The second-order valence-electron chi connectivity index (χ2n) is 3.14. The van der Waals surface area contributed by atoms with Gasteiger partial charge in [-0.25, -0.2) is 0 Å². The molecule has 0 bridgehead atoms. The molecule has 1 aliphatic heterocycles. The maximum atomic E-state index is 4.22. The Labute approximate surface area is 85.0 Å². The lowest BCUT2D eigenvalue weighted by Gasteiger charge is -2.33. The van der Waals surface area contributed by atoms with E-state index in [0.717, 1.165) is 24.3 Å². The van der Waals surface area contributed by atoms with Crippen molar-refractivity contribution in [2.45, 2.75) is 18.6 Å². The Bertz CT molecular complexity index is 182. The van der Waals surface area contributed by atoms with Crippen molar-refractivity contribution in [3.63, 3.8) is 0 Å². The molecule has 3 nitrogen and oxygen atoms in total. The molecule has 0 spiro atoms. The van der Waals surface area contributed by atoms with Gasteiger partial charge in [-0.3, -0.25) is 4.99 Å². The number of nitrogens with one attached hydrogen (secondary N) is 1. The molecule has 1 unspecified atom stereocenters. The van der Waals surface area contributed by atoms with Crippen molar-refractivity contribution in [2.24, 2.45) is 4.99 Å². The van der Waals surface area contributed by atoms with Gasteiger partial charge in [0.25, 0.3) is 0 Å². The number of hydrogen-bond acceptors (Lipinski definition) is 2. The summed E-state index contributed by atoms with van der Waals surface area (Å²) in [5.74, 6) is 2.25. The lowest BCUT2D eigenvalue weighted by molar-refractivity contribution is 0.412. The van der Waals surface area contributed by atoms with E-state index in [9.17, 15) is 0 Å². The molecule has 1 N–H and O–H groups in total. The number of aliphatic imine (C=N–C) groups is 1. The molecule has 1 rings (SSSR count). The lowest BCUT2D eigenvalue weighted by atomic mass is 10.3. The van der Waals surface area contributed by atoms with E-state index < -0.39 is 0 Å². The normalized spacial score (nSPS) is 24.7. The maximum Gasteiger partial charge on any atom is 0.193 e. The summed E-state index contributed by atoms with van der Waals surface area (Å²) in [5, 5.41) is 3.91. The Morgan fingerprint density at radius 2 is 2.46 bits per heavy atom. The third-order valence-electron chi connectivity index (χ3n) is 2.33. The highest BCUT2D eigenvalue weighted by Gasteiger charge is 2.20. The van der Waals surface area contributed by atoms with Crippen molar-refractivity contribution < 1.29 is 0 Å². The van der Waals surface area contributed by atoms with Crippen LogP contribution in [0.25, 0.3) is 0 Å². The average molecular weight is 201 g/mol. The molecule has 76 valence electrons. The van der Waals surface area contributed by atoms with E-state index in [1.807, 2.05) is 14.1 Å². The second-order valence-corrected chi connectivity index (χ2v) is 4.55. The molecule has 1 fully saturated rings. The van der Waals surface area contributed by atoms with E-state index >= 15 is 0 Å². The molecule has 4 heteroatoms. The topological polar surface area (TPSA) is 27.6 Å². The van der Waals surface area contributed by atoms with Crippen LogP contribution in [0.4, 0.5) is 0 Å². The quantitative estimate of drug-likeness (QED) is 0.507. The Morgan fingerprint density at radius 3 is 3.00 bits per heavy atom. The van der Waals surface area contributed by atoms with Crippen LogP contribution in [-0.2, 0) is 0 Å². The number of guanidine groups is 1. The zero-order chi connectivity index (χ0) is 9.68. The number of thioether (sulfide) groups is 1. The van der Waals surface area contributed by atoms with Gasteiger partial charge in [0.1, 0.15) is 0 Å². The first kappa shape index (κ1) is 10.7. The SMILES string of the molecule is CCC1CN(C(=NC)NC)CCS1. The second kappa shape index (κ2) is 5.37. The molecule has 0 aromatic rings. The molecular weight excluding hydrogens is 182 g/mol. The van der Waals surface area contributed by atoms with Gasteiger partial charge in [-0.05, 0) is 6.42 Å². The molecule has 0 aliphatic carbocycles. The number of nitrogens with zero attached hydrogens (tertiary/aromatic N) is 2. The smallest absolute Gasteiger partial charge is 0.193 e. The van der Waals surface area contributed by atoms with Crippen molar-refractivity contribution in [3.05, 3.63) is 0 Å². The molecule has 0 aromatic heterocycles. The van der Waals surface area contributed by atoms with Crippen molar-refractivity contribution in [1.29, 1.82) is 0 Å². The molecular formula is C9H19N3S. The highest BCUT2D eigenvalue weighted by Crippen LogP contribution is 2.20. The molecule has 1 atom stereocenters. The molecule has 13 heavy (non-hydrogen) atoms. The molecule has 1 saturated heterocycles. The van der Waals surface area contributed by atoms with Crippen LogP contribution in [0.5, 0.6) is 0 Å². The minimum atomic E-state index is 0.777. The van der Waals surface area contributed by atoms with E-state index in [2.05, 4.69) is 33.9 Å². The van der Waals surface area contributed by atoms with E-state index in [-0.39, 0.29) is 0 Å². The monoisotopic (exact) mass is 201 g/mol. The fourth-order valence-corrected chi connectivity index (χ4v) is 2.75. The largest absolute Gasteiger partial charge is 0.359 e. The molecule has 1 aliphatic rings. The Balaban J connectivity index is 2.50. The first-order chi connectivity index (χ1) is 6.31. The lowest BCUT2D eigenvalue weighted by Crippen LogP contribution is -2.46. The first-order valence-electron chi connectivity index (χ1n) is 4.82. The van der Waals surface area contributed by atoms with Crippen molar-refractivity contribution >= 4 is 17.7 Å². The van der Waals surface area contributed by atoms with Gasteiger partial charge in [0.05, 0.1) is 0 Å². The summed E-state index contributed by atoms with van der Waals surface area (Å²) < 4.78 is 0. The highest BCUT2D eigenvalue weighted by molar-refractivity contribution is 8.00. The molecule has 0 radical (unpaired) electrons. The molecule has 1 heterocycles. The summed E-state index contributed by atoms with van der Waals surface area (Å²) in [4.78, 5) is 6.56. The van der Waals surface area contributed by atoms with Crippen LogP contribution in [0.3, 0.4) is 0 Å². The maximum absolute atomic E-state index is 4.22. The Kier molecular flexibility index (Phi) is 4.42. The molecule has 0 saturated carbocycles. The van der Waals surface area contributed by atoms with Crippen LogP contribution < -0.4 is 5.32 Å². The Morgan fingerprint density at radius 1 is 1.69 bits per heavy atom. The van der Waals surface area contributed by atoms with E-state index in [1.165, 1.54) is 12.2 Å². The summed E-state index contributed by atoms with van der Waals surface area (Å²) in [6.45, 7) is 4.51. The van der Waals surface area contributed by atoms with E-state index in [1.54, 1.807) is 0 Å². The standard InChI is InChI=1S/C9H19N3S/c1-4-8-7-12(5-6-13-8)9(10-2)11-3/h8H,4-7H2,1-3H3,(H,10,11). The predicted octanol–water partition coefficient (Wildman–Crippen LogP) is 1.02. The van der Waals surface area contributed by atoms with Gasteiger partial charge in [0.2, 0.25) is 0 Å². The van der Waals surface area contributed by atoms with Crippen LogP contribution in [0.1, 0.15) is 13.3 Å². The fourth-order valence-electron chi connectivity index (χ4n) is 1.57. The number of hydrogen-bond donors (Lipinski definition) is 1. The summed E-state index contributed by atoms with van der Waals surface area (Å²) in [7, 11) is 3.78. The summed E-state index contributed by atoms with van der Waals surface area (Å²) >= 11 is 2.08. The van der Waals surface area contributed by atoms with Gasteiger partial charge in [-0.1, -0.05) is 6.92 Å². The van der Waals surface area contributed by atoms with Gasteiger partial charge in [0.15, 0.2) is 5.96 Å². The van der Waals surface area contributed by atoms with Crippen LogP contribution in [0.15, 0.2) is 4.99 Å².